The minimum Gasteiger partial charge on any atom is -0.370 e. The normalized spacial score (nSPS) is 15.6. The van der Waals surface area contributed by atoms with Gasteiger partial charge in [0.15, 0.2) is 5.96 Å². The molecule has 104 valence electrons. The van der Waals surface area contributed by atoms with Gasteiger partial charge in [-0.2, -0.15) is 0 Å². The fourth-order valence-electron chi connectivity index (χ4n) is 2.26. The largest absolute Gasteiger partial charge is 0.370 e. The van der Waals surface area contributed by atoms with Crippen LogP contribution in [0.3, 0.4) is 0 Å². The Morgan fingerprint density at radius 2 is 2.20 bits per heavy atom. The van der Waals surface area contributed by atoms with Gasteiger partial charge in [-0.1, -0.05) is 18.2 Å². The Labute approximate surface area is 117 Å². The Bertz CT molecular complexity index is 728. The predicted octanol–water partition coefficient (Wildman–Crippen LogP) is 1.11. The minimum absolute atomic E-state index is 0.0216. The molecule has 5 nitrogen and oxygen atoms in total. The van der Waals surface area contributed by atoms with Crippen LogP contribution in [0.25, 0.3) is 10.9 Å². The maximum Gasteiger partial charge on any atom is 0.255 e. The molecule has 1 aliphatic rings. The van der Waals surface area contributed by atoms with Gasteiger partial charge in [0.2, 0.25) is 0 Å². The molecule has 2 aromatic rings. The van der Waals surface area contributed by atoms with Gasteiger partial charge in [0.05, 0.1) is 12.1 Å². The number of rotatable bonds is 3. The van der Waals surface area contributed by atoms with Crippen LogP contribution in [0.5, 0.6) is 0 Å². The number of fused-ring (bicyclic) bond motifs is 1. The van der Waals surface area contributed by atoms with Gasteiger partial charge in [-0.15, -0.1) is 0 Å². The number of para-hydroxylation sites is 1. The third kappa shape index (κ3) is 2.52. The lowest BCUT2D eigenvalue weighted by Crippen LogP contribution is -2.33. The van der Waals surface area contributed by atoms with Crippen LogP contribution in [0.1, 0.15) is 18.4 Å². The predicted molar refractivity (Wildman–Crippen MR) is 80.7 cm³/mol. The molecule has 0 unspecified atom stereocenters. The Morgan fingerprint density at radius 1 is 1.45 bits per heavy atom. The number of guanidine groups is 1. The van der Waals surface area contributed by atoms with Gasteiger partial charge in [-0.25, -0.2) is 4.99 Å². The molecule has 0 saturated heterocycles. The summed E-state index contributed by atoms with van der Waals surface area (Å²) in [5, 5.41) is 4.15. The molecular formula is C15H18N4O. The zero-order chi connectivity index (χ0) is 14.1. The van der Waals surface area contributed by atoms with Crippen molar-refractivity contribution >= 4 is 16.9 Å². The van der Waals surface area contributed by atoms with Crippen molar-refractivity contribution < 1.29 is 0 Å². The summed E-state index contributed by atoms with van der Waals surface area (Å²) >= 11 is 0. The molecule has 0 bridgehead atoms. The average Bonchev–Trinajstić information content (AvgIpc) is 3.25. The molecule has 3 N–H and O–H groups in total. The molecule has 3 rings (SSSR count). The molecular weight excluding hydrogens is 252 g/mol. The zero-order valence-corrected chi connectivity index (χ0v) is 11.5. The van der Waals surface area contributed by atoms with E-state index in [1.54, 1.807) is 11.6 Å². The molecule has 0 radical (unpaired) electrons. The molecule has 1 aromatic carbocycles. The lowest BCUT2D eigenvalue weighted by atomic mass is 10.1. The highest BCUT2D eigenvalue weighted by Gasteiger charge is 2.21. The van der Waals surface area contributed by atoms with Gasteiger partial charge in [-0.3, -0.25) is 4.79 Å². The van der Waals surface area contributed by atoms with E-state index >= 15 is 0 Å². The van der Waals surface area contributed by atoms with Crippen molar-refractivity contribution in [3.8, 4) is 0 Å². The van der Waals surface area contributed by atoms with Gasteiger partial charge in [0.1, 0.15) is 0 Å². The van der Waals surface area contributed by atoms with E-state index in [4.69, 9.17) is 5.73 Å². The van der Waals surface area contributed by atoms with E-state index in [0.29, 0.717) is 24.1 Å². The topological polar surface area (TPSA) is 72.4 Å². The Morgan fingerprint density at radius 3 is 2.95 bits per heavy atom. The maximum absolute atomic E-state index is 12.3. The number of hydrogen-bond acceptors (Lipinski definition) is 2. The van der Waals surface area contributed by atoms with E-state index < -0.39 is 0 Å². The average molecular weight is 270 g/mol. The highest BCUT2D eigenvalue weighted by atomic mass is 16.1. The van der Waals surface area contributed by atoms with Crippen LogP contribution < -0.4 is 16.6 Å². The molecule has 1 aliphatic carbocycles. The Kier molecular flexibility index (Phi) is 3.18. The number of nitrogens with two attached hydrogens (primary N) is 1. The first-order chi connectivity index (χ1) is 9.65. The molecule has 0 atom stereocenters. The van der Waals surface area contributed by atoms with Crippen LogP contribution in [0.15, 0.2) is 40.1 Å². The van der Waals surface area contributed by atoms with E-state index in [-0.39, 0.29) is 5.56 Å². The van der Waals surface area contributed by atoms with Crippen LogP contribution >= 0.6 is 0 Å². The highest BCUT2D eigenvalue weighted by molar-refractivity contribution is 5.80. The van der Waals surface area contributed by atoms with Crippen molar-refractivity contribution in [2.24, 2.45) is 17.8 Å². The van der Waals surface area contributed by atoms with Crippen LogP contribution in [-0.4, -0.2) is 16.6 Å². The van der Waals surface area contributed by atoms with E-state index in [1.807, 2.05) is 30.3 Å². The number of aryl methyl sites for hydroxylation is 1. The van der Waals surface area contributed by atoms with Crippen molar-refractivity contribution in [1.82, 2.24) is 9.88 Å². The van der Waals surface area contributed by atoms with Crippen LogP contribution in [0, 0.1) is 0 Å². The summed E-state index contributed by atoms with van der Waals surface area (Å²) in [4.78, 5) is 16.5. The third-order valence-corrected chi connectivity index (χ3v) is 3.56. The van der Waals surface area contributed by atoms with Gasteiger partial charge in [-0.05, 0) is 30.4 Å². The molecule has 1 fully saturated rings. The third-order valence-electron chi connectivity index (χ3n) is 3.56. The fraction of sp³-hybridized carbons (Fsp3) is 0.333. The number of benzene rings is 1. The van der Waals surface area contributed by atoms with Gasteiger partial charge in [0.25, 0.3) is 5.56 Å². The summed E-state index contributed by atoms with van der Waals surface area (Å²) in [5.74, 6) is 0.419. The van der Waals surface area contributed by atoms with E-state index in [0.717, 1.165) is 23.7 Å². The monoisotopic (exact) mass is 270 g/mol. The van der Waals surface area contributed by atoms with Crippen molar-refractivity contribution in [2.75, 3.05) is 0 Å². The van der Waals surface area contributed by atoms with E-state index in [1.165, 1.54) is 0 Å². The van der Waals surface area contributed by atoms with Gasteiger partial charge < -0.3 is 15.6 Å². The van der Waals surface area contributed by atoms with Crippen LogP contribution in [0.2, 0.25) is 0 Å². The molecule has 1 aromatic heterocycles. The number of nitrogens with one attached hydrogen (secondary N) is 1. The second kappa shape index (κ2) is 5.00. The van der Waals surface area contributed by atoms with Crippen LogP contribution in [0.4, 0.5) is 0 Å². The number of pyridine rings is 1. The van der Waals surface area contributed by atoms with Gasteiger partial charge >= 0.3 is 0 Å². The molecule has 0 aliphatic heterocycles. The van der Waals surface area contributed by atoms with Crippen molar-refractivity contribution in [2.45, 2.75) is 25.4 Å². The van der Waals surface area contributed by atoms with Gasteiger partial charge in [0, 0.05) is 18.7 Å². The maximum atomic E-state index is 12.3. The molecule has 20 heavy (non-hydrogen) atoms. The fourth-order valence-corrected chi connectivity index (χ4v) is 2.26. The SMILES string of the molecule is Cn1c(=O)c(CN=C(N)NC2CC2)cc2ccccc21. The van der Waals surface area contributed by atoms with Crippen molar-refractivity contribution in [3.63, 3.8) is 0 Å². The summed E-state index contributed by atoms with van der Waals surface area (Å²) in [7, 11) is 1.78. The number of hydrogen-bond donors (Lipinski definition) is 2. The summed E-state index contributed by atoms with van der Waals surface area (Å²) in [6.07, 6.45) is 2.29. The first-order valence-corrected chi connectivity index (χ1v) is 6.79. The lowest BCUT2D eigenvalue weighted by Gasteiger charge is -2.08. The van der Waals surface area contributed by atoms with Crippen molar-refractivity contribution in [3.05, 3.63) is 46.2 Å². The second-order valence-corrected chi connectivity index (χ2v) is 5.21. The first-order valence-electron chi connectivity index (χ1n) is 6.79. The molecule has 1 saturated carbocycles. The summed E-state index contributed by atoms with van der Waals surface area (Å²) in [6.45, 7) is 0.309. The minimum atomic E-state index is -0.0216. The number of aromatic nitrogens is 1. The van der Waals surface area contributed by atoms with E-state index in [2.05, 4.69) is 10.3 Å². The summed E-state index contributed by atoms with van der Waals surface area (Å²) < 4.78 is 1.66. The smallest absolute Gasteiger partial charge is 0.255 e. The standard InChI is InChI=1S/C15H18N4O/c1-19-13-5-3-2-4-10(13)8-11(14(19)20)9-17-15(16)18-12-6-7-12/h2-5,8,12H,6-7,9H2,1H3,(H3,16,17,18). The molecule has 5 heteroatoms. The summed E-state index contributed by atoms with van der Waals surface area (Å²) in [6, 6.07) is 10.2. The first kappa shape index (κ1) is 12.7. The number of nitrogens with zero attached hydrogens (tertiary/aromatic N) is 2. The Balaban J connectivity index is 1.91. The Hall–Kier alpha value is -2.30. The van der Waals surface area contributed by atoms with Crippen LogP contribution in [-0.2, 0) is 13.6 Å². The quantitative estimate of drug-likeness (QED) is 0.648. The van der Waals surface area contributed by atoms with Crippen molar-refractivity contribution in [1.29, 1.82) is 0 Å². The number of aliphatic imine (C=N–C) groups is 1. The molecule has 1 heterocycles. The van der Waals surface area contributed by atoms with E-state index in [9.17, 15) is 4.79 Å². The summed E-state index contributed by atoms with van der Waals surface area (Å²) in [5.41, 5.74) is 7.36. The molecule has 0 amide bonds. The highest BCUT2D eigenvalue weighted by Crippen LogP contribution is 2.18. The lowest BCUT2D eigenvalue weighted by molar-refractivity contribution is 0.852. The molecule has 0 spiro atoms. The second-order valence-electron chi connectivity index (χ2n) is 5.21. The zero-order valence-electron chi connectivity index (χ0n) is 11.5.